The second kappa shape index (κ2) is 36.8. The van der Waals surface area contributed by atoms with E-state index in [9.17, 15) is 0 Å². The van der Waals surface area contributed by atoms with E-state index in [-0.39, 0.29) is 0 Å². The number of fused-ring (bicyclic) bond motifs is 1. The Morgan fingerprint density at radius 3 is 1.69 bits per heavy atom. The molecule has 3 aliphatic rings. The number of nitrogens with zero attached hydrogens (tertiary/aromatic N) is 2. The normalized spacial score (nSPS) is 15.7. The molecule has 2 N–H and O–H groups in total. The summed E-state index contributed by atoms with van der Waals surface area (Å²) in [4.78, 5) is 5.28. The summed E-state index contributed by atoms with van der Waals surface area (Å²) in [5, 5.41) is 7.10. The first-order valence-electron chi connectivity index (χ1n) is 25.2. The number of piperazine rings is 1. The summed E-state index contributed by atoms with van der Waals surface area (Å²) in [6.45, 7) is 36.3. The first-order valence-corrected chi connectivity index (χ1v) is 25.2. The van der Waals surface area contributed by atoms with Crippen LogP contribution in [0.15, 0.2) is 111 Å². The van der Waals surface area contributed by atoms with Crippen LogP contribution in [0.5, 0.6) is 0 Å². The topological polar surface area (TPSA) is 30.5 Å². The fourth-order valence-corrected chi connectivity index (χ4v) is 8.72. The van der Waals surface area contributed by atoms with Crippen LogP contribution in [0.3, 0.4) is 0 Å². The van der Waals surface area contributed by atoms with Crippen molar-refractivity contribution in [2.24, 2.45) is 11.8 Å². The molecule has 0 radical (unpaired) electrons. The molecule has 1 atom stereocenters. The fraction of sp³-hybridized carbons (Fsp3) is 0.586. The summed E-state index contributed by atoms with van der Waals surface area (Å²) < 4.78 is 0. The second-order valence-corrected chi connectivity index (χ2v) is 17.4. The summed E-state index contributed by atoms with van der Waals surface area (Å²) in [5.41, 5.74) is 9.84. The molecule has 0 amide bonds. The number of hydrogen-bond acceptors (Lipinski definition) is 4. The van der Waals surface area contributed by atoms with Gasteiger partial charge in [0, 0.05) is 56.7 Å². The van der Waals surface area contributed by atoms with E-state index in [1.807, 2.05) is 32.0 Å². The van der Waals surface area contributed by atoms with Crippen LogP contribution in [0.4, 0.5) is 5.69 Å². The van der Waals surface area contributed by atoms with E-state index in [0.29, 0.717) is 6.04 Å². The molecular formula is C58H96N4. The number of rotatable bonds is 15. The number of aryl methyl sites for hydroxylation is 4. The van der Waals surface area contributed by atoms with Gasteiger partial charge in [0.05, 0.1) is 0 Å². The van der Waals surface area contributed by atoms with E-state index in [1.54, 1.807) is 17.3 Å². The molecule has 2 fully saturated rings. The van der Waals surface area contributed by atoms with Gasteiger partial charge in [-0.3, -0.25) is 4.90 Å². The SMILES string of the molecule is C1CCCCC1.C=C.C=CN/C(=C/C)C(CCC)NCc1cc(N2CCN(CC(CCC)CCC)CC2)ccc1C.CC.CC1CCc2ccccc2CC1.Cc1ccccc1. The van der Waals surface area contributed by atoms with Gasteiger partial charge in [0.2, 0.25) is 0 Å². The summed E-state index contributed by atoms with van der Waals surface area (Å²) in [5.74, 6) is 1.79. The third-order valence-corrected chi connectivity index (χ3v) is 12.4. The smallest absolute Gasteiger partial charge is 0.0471 e. The molecule has 3 aromatic carbocycles. The lowest BCUT2D eigenvalue weighted by Gasteiger charge is -2.38. The van der Waals surface area contributed by atoms with Crippen molar-refractivity contribution >= 4 is 5.69 Å². The van der Waals surface area contributed by atoms with Crippen molar-refractivity contribution in [1.29, 1.82) is 0 Å². The van der Waals surface area contributed by atoms with Gasteiger partial charge in [-0.15, -0.1) is 13.2 Å². The van der Waals surface area contributed by atoms with Gasteiger partial charge in [-0.05, 0) is 118 Å². The third-order valence-electron chi connectivity index (χ3n) is 12.4. The minimum absolute atomic E-state index is 0.323. The van der Waals surface area contributed by atoms with Gasteiger partial charge in [0.25, 0.3) is 0 Å². The predicted molar refractivity (Wildman–Crippen MR) is 279 cm³/mol. The van der Waals surface area contributed by atoms with Crippen LogP contribution < -0.4 is 15.5 Å². The highest BCUT2D eigenvalue weighted by molar-refractivity contribution is 5.51. The molecule has 3 aromatic rings. The van der Waals surface area contributed by atoms with Crippen LogP contribution in [0.1, 0.15) is 166 Å². The standard InChI is InChI=1S/C29H50N4.C12H16.C7H8.C6H12.C2H6.C2H4/c1-7-12-25(13-8-2)23-32-17-19-33(20-18-32)27-16-15-24(6)26(21-27)22-31-29(14-9-3)28(10-4)30-11-5;1-10-6-8-11-4-2-3-5-12(11)9-7-10;1-7-5-3-2-4-6-7;1-2-4-6-5-3-1;2*1-2/h10-11,15-16,21,25,29-31H,5,7-9,12-14,17-20,22-23H2,1-4,6H3;2-5,10H,6-9H2,1H3;2-6H,1H3;1-6H2;1-2H3;1-2H2/b28-10+;;;;;. The van der Waals surface area contributed by atoms with Crippen molar-refractivity contribution in [2.75, 3.05) is 37.6 Å². The summed E-state index contributed by atoms with van der Waals surface area (Å²) in [6, 6.07) is 26.5. The Labute approximate surface area is 385 Å². The number of nitrogens with one attached hydrogen (secondary N) is 2. The summed E-state index contributed by atoms with van der Waals surface area (Å²) in [7, 11) is 0. The number of benzene rings is 3. The highest BCUT2D eigenvalue weighted by Crippen LogP contribution is 2.25. The molecule has 1 unspecified atom stereocenters. The molecule has 1 heterocycles. The highest BCUT2D eigenvalue weighted by Gasteiger charge is 2.21. The molecule has 0 spiro atoms. The van der Waals surface area contributed by atoms with Gasteiger partial charge < -0.3 is 15.5 Å². The van der Waals surface area contributed by atoms with Crippen molar-refractivity contribution in [1.82, 2.24) is 15.5 Å². The van der Waals surface area contributed by atoms with Crippen LogP contribution in [0.2, 0.25) is 0 Å². The molecular weight excluding hydrogens is 753 g/mol. The van der Waals surface area contributed by atoms with E-state index in [2.05, 4.69) is 149 Å². The number of anilines is 1. The van der Waals surface area contributed by atoms with E-state index >= 15 is 0 Å². The largest absolute Gasteiger partial charge is 0.369 e. The van der Waals surface area contributed by atoms with E-state index < -0.39 is 0 Å². The quantitative estimate of drug-likeness (QED) is 0.118. The van der Waals surface area contributed by atoms with Gasteiger partial charge in [0.1, 0.15) is 0 Å². The second-order valence-electron chi connectivity index (χ2n) is 17.4. The van der Waals surface area contributed by atoms with Gasteiger partial charge in [-0.1, -0.05) is 178 Å². The summed E-state index contributed by atoms with van der Waals surface area (Å²) in [6.07, 6.45) is 25.9. The zero-order valence-electron chi connectivity index (χ0n) is 41.9. The maximum Gasteiger partial charge on any atom is 0.0471 e. The third kappa shape index (κ3) is 23.7. The predicted octanol–water partition coefficient (Wildman–Crippen LogP) is 15.6. The molecule has 1 aliphatic heterocycles. The van der Waals surface area contributed by atoms with E-state index in [1.165, 1.54) is 138 Å². The molecule has 1 saturated carbocycles. The molecule has 62 heavy (non-hydrogen) atoms. The van der Waals surface area contributed by atoms with E-state index in [4.69, 9.17) is 0 Å². The number of allylic oxidation sites excluding steroid dienone is 1. The van der Waals surface area contributed by atoms with Gasteiger partial charge >= 0.3 is 0 Å². The van der Waals surface area contributed by atoms with Crippen LogP contribution in [0, 0.1) is 25.7 Å². The van der Waals surface area contributed by atoms with Crippen LogP contribution >= 0.6 is 0 Å². The van der Waals surface area contributed by atoms with Crippen LogP contribution in [-0.4, -0.2) is 43.7 Å². The summed E-state index contributed by atoms with van der Waals surface area (Å²) >= 11 is 0. The molecule has 1 saturated heterocycles. The highest BCUT2D eigenvalue weighted by atomic mass is 15.3. The molecule has 4 heteroatoms. The molecule has 6 rings (SSSR count). The lowest BCUT2D eigenvalue weighted by molar-refractivity contribution is 0.206. The first-order chi connectivity index (χ1) is 30.3. The fourth-order valence-electron chi connectivity index (χ4n) is 8.72. The van der Waals surface area contributed by atoms with Crippen LogP contribution in [-0.2, 0) is 19.4 Å². The maximum absolute atomic E-state index is 3.84. The average Bonchev–Trinajstić information content (AvgIpc) is 3.52. The van der Waals surface area contributed by atoms with Crippen molar-refractivity contribution in [3.8, 4) is 0 Å². The molecule has 0 bridgehead atoms. The molecule has 348 valence electrons. The lowest BCUT2D eigenvalue weighted by Crippen LogP contribution is -2.47. The zero-order valence-corrected chi connectivity index (χ0v) is 41.9. The maximum atomic E-state index is 3.84. The van der Waals surface area contributed by atoms with Crippen LogP contribution in [0.25, 0.3) is 0 Å². The first kappa shape index (κ1) is 56.4. The molecule has 4 nitrogen and oxygen atoms in total. The lowest BCUT2D eigenvalue weighted by atomic mass is 9.97. The average molecular weight is 849 g/mol. The van der Waals surface area contributed by atoms with E-state index in [0.717, 1.165) is 44.3 Å². The minimum atomic E-state index is 0.323. The Balaban J connectivity index is 0.000000527. The van der Waals surface area contributed by atoms with Crippen molar-refractivity contribution in [3.05, 3.63) is 138 Å². The Bertz CT molecular complexity index is 1490. The van der Waals surface area contributed by atoms with Gasteiger partial charge in [0.15, 0.2) is 0 Å². The van der Waals surface area contributed by atoms with Crippen molar-refractivity contribution < 1.29 is 0 Å². The minimum Gasteiger partial charge on any atom is -0.369 e. The Morgan fingerprint density at radius 1 is 0.726 bits per heavy atom. The van der Waals surface area contributed by atoms with Gasteiger partial charge in [-0.2, -0.15) is 0 Å². The van der Waals surface area contributed by atoms with Crippen molar-refractivity contribution in [2.45, 2.75) is 178 Å². The molecule has 0 aromatic heterocycles. The van der Waals surface area contributed by atoms with Gasteiger partial charge in [-0.25, -0.2) is 0 Å². The Morgan fingerprint density at radius 2 is 1.24 bits per heavy atom. The number of hydrogen-bond donors (Lipinski definition) is 2. The van der Waals surface area contributed by atoms with Crippen molar-refractivity contribution in [3.63, 3.8) is 0 Å². The Kier molecular flexibility index (Phi) is 33.5. The Hall–Kier alpha value is -3.60. The monoisotopic (exact) mass is 849 g/mol. The zero-order chi connectivity index (χ0) is 45.8. The molecule has 2 aliphatic carbocycles.